The van der Waals surface area contributed by atoms with Crippen LogP contribution in [-0.2, 0) is 0 Å². The van der Waals surface area contributed by atoms with Crippen molar-refractivity contribution in [3.8, 4) is 11.5 Å². The number of benzene rings is 1. The number of anilines is 1. The third-order valence-electron chi connectivity index (χ3n) is 2.68. The fraction of sp³-hybridized carbons (Fsp3) is 0.286. The molecule has 0 aliphatic rings. The van der Waals surface area contributed by atoms with Crippen molar-refractivity contribution in [2.75, 3.05) is 25.6 Å². The molecule has 21 heavy (non-hydrogen) atoms. The van der Waals surface area contributed by atoms with E-state index >= 15 is 0 Å². The summed E-state index contributed by atoms with van der Waals surface area (Å²) in [5, 5.41) is 12.6. The lowest BCUT2D eigenvalue weighted by molar-refractivity contribution is 0.0701. The lowest BCUT2D eigenvalue weighted by atomic mass is 10.3. The molecule has 2 N–H and O–H groups in total. The van der Waals surface area contributed by atoms with E-state index < -0.39 is 5.97 Å². The molecule has 0 saturated heterocycles. The highest BCUT2D eigenvalue weighted by Gasteiger charge is 2.13. The second kappa shape index (κ2) is 6.94. The molecule has 2 aromatic rings. The summed E-state index contributed by atoms with van der Waals surface area (Å²) in [4.78, 5) is 15.3. The zero-order valence-corrected chi connectivity index (χ0v) is 12.6. The molecule has 2 rings (SSSR count). The van der Waals surface area contributed by atoms with Crippen LogP contribution in [0, 0.1) is 6.92 Å². The van der Waals surface area contributed by atoms with Gasteiger partial charge in [-0.15, -0.1) is 0 Å². The first-order valence-corrected chi connectivity index (χ1v) is 7.13. The van der Waals surface area contributed by atoms with Gasteiger partial charge in [0, 0.05) is 6.07 Å². The van der Waals surface area contributed by atoms with Crippen LogP contribution in [-0.4, -0.2) is 36.3 Å². The van der Waals surface area contributed by atoms with Crippen molar-refractivity contribution >= 4 is 22.4 Å². The number of hydrogen-bond acceptors (Lipinski definition) is 6. The highest BCUT2D eigenvalue weighted by Crippen LogP contribution is 2.22. The highest BCUT2D eigenvalue weighted by atomic mass is 32.1. The van der Waals surface area contributed by atoms with E-state index in [0.29, 0.717) is 24.0 Å². The van der Waals surface area contributed by atoms with E-state index in [0.717, 1.165) is 22.8 Å². The molecule has 0 fully saturated rings. The van der Waals surface area contributed by atoms with Crippen LogP contribution in [0.5, 0.6) is 11.5 Å². The van der Waals surface area contributed by atoms with Crippen molar-refractivity contribution in [1.29, 1.82) is 0 Å². The molecule has 0 saturated carbocycles. The molecule has 0 amide bonds. The zero-order valence-electron chi connectivity index (χ0n) is 11.8. The Kier molecular flexibility index (Phi) is 4.99. The summed E-state index contributed by atoms with van der Waals surface area (Å²) in [5.74, 6) is 0.505. The number of nitrogens with zero attached hydrogens (tertiary/aromatic N) is 1. The zero-order chi connectivity index (χ0) is 15.2. The molecule has 0 atom stereocenters. The number of carboxylic acids is 1. The minimum Gasteiger partial charge on any atom is -0.497 e. The lowest BCUT2D eigenvalue weighted by Gasteiger charge is -2.08. The van der Waals surface area contributed by atoms with Crippen molar-refractivity contribution in [3.05, 3.63) is 34.8 Å². The minimum atomic E-state index is -0.953. The van der Waals surface area contributed by atoms with Gasteiger partial charge in [-0.2, -0.15) is 0 Å². The van der Waals surface area contributed by atoms with Crippen LogP contribution < -0.4 is 14.8 Å². The van der Waals surface area contributed by atoms with Crippen molar-refractivity contribution in [3.63, 3.8) is 0 Å². The SMILES string of the molecule is COc1cccc(OCCNc2nc(C)c(C(=O)O)s2)c1. The van der Waals surface area contributed by atoms with Crippen LogP contribution in [0.1, 0.15) is 15.4 Å². The fourth-order valence-corrected chi connectivity index (χ4v) is 2.52. The summed E-state index contributed by atoms with van der Waals surface area (Å²) >= 11 is 1.12. The molecular weight excluding hydrogens is 292 g/mol. The maximum Gasteiger partial charge on any atom is 0.347 e. The van der Waals surface area contributed by atoms with Gasteiger partial charge in [0.15, 0.2) is 5.13 Å². The normalized spacial score (nSPS) is 10.2. The number of carbonyl (C=O) groups is 1. The maximum absolute atomic E-state index is 10.9. The number of ether oxygens (including phenoxy) is 2. The number of nitrogens with one attached hydrogen (secondary N) is 1. The van der Waals surface area contributed by atoms with Gasteiger partial charge in [-0.25, -0.2) is 9.78 Å². The monoisotopic (exact) mass is 308 g/mol. The number of rotatable bonds is 7. The molecule has 7 heteroatoms. The Hall–Kier alpha value is -2.28. The topological polar surface area (TPSA) is 80.7 Å². The average Bonchev–Trinajstić information content (AvgIpc) is 2.85. The van der Waals surface area contributed by atoms with E-state index in [9.17, 15) is 4.79 Å². The fourth-order valence-electron chi connectivity index (χ4n) is 1.69. The highest BCUT2D eigenvalue weighted by molar-refractivity contribution is 7.17. The summed E-state index contributed by atoms with van der Waals surface area (Å²) in [6.07, 6.45) is 0. The average molecular weight is 308 g/mol. The van der Waals surface area contributed by atoms with E-state index in [1.165, 1.54) is 0 Å². The molecule has 6 nitrogen and oxygen atoms in total. The molecule has 112 valence electrons. The number of carboxylic acid groups (broad SMARTS) is 1. The Labute approximate surface area is 126 Å². The van der Waals surface area contributed by atoms with Crippen LogP contribution in [0.15, 0.2) is 24.3 Å². The predicted molar refractivity (Wildman–Crippen MR) is 80.8 cm³/mol. The van der Waals surface area contributed by atoms with Gasteiger partial charge < -0.3 is 19.9 Å². The van der Waals surface area contributed by atoms with E-state index in [1.807, 2.05) is 18.2 Å². The van der Waals surface area contributed by atoms with Gasteiger partial charge in [-0.3, -0.25) is 0 Å². The van der Waals surface area contributed by atoms with Gasteiger partial charge in [0.05, 0.1) is 19.3 Å². The number of aromatic nitrogens is 1. The molecule has 0 aliphatic heterocycles. The van der Waals surface area contributed by atoms with Gasteiger partial charge in [0.2, 0.25) is 0 Å². The summed E-state index contributed by atoms with van der Waals surface area (Å²) < 4.78 is 10.7. The van der Waals surface area contributed by atoms with Crippen LogP contribution in [0.25, 0.3) is 0 Å². The van der Waals surface area contributed by atoms with Crippen LogP contribution in [0.4, 0.5) is 5.13 Å². The van der Waals surface area contributed by atoms with E-state index in [2.05, 4.69) is 10.3 Å². The molecule has 0 bridgehead atoms. The summed E-state index contributed by atoms with van der Waals surface area (Å²) in [6, 6.07) is 7.34. The standard InChI is InChI=1S/C14H16N2O4S/c1-9-12(13(17)18)21-14(16-9)15-6-7-20-11-5-3-4-10(8-11)19-2/h3-5,8H,6-7H2,1-2H3,(H,15,16)(H,17,18). The van der Waals surface area contributed by atoms with Crippen LogP contribution in [0.3, 0.4) is 0 Å². The van der Waals surface area contributed by atoms with Gasteiger partial charge in [-0.1, -0.05) is 17.4 Å². The van der Waals surface area contributed by atoms with E-state index in [-0.39, 0.29) is 4.88 Å². The molecule has 1 aromatic carbocycles. The second-order valence-corrected chi connectivity index (χ2v) is 5.19. The number of methoxy groups -OCH3 is 1. The quantitative estimate of drug-likeness (QED) is 0.765. The number of thiazole rings is 1. The Morgan fingerprint density at radius 1 is 1.43 bits per heavy atom. The van der Waals surface area contributed by atoms with Gasteiger partial charge in [0.25, 0.3) is 0 Å². The van der Waals surface area contributed by atoms with Crippen molar-refractivity contribution in [2.24, 2.45) is 0 Å². The third kappa shape index (κ3) is 4.09. The van der Waals surface area contributed by atoms with Crippen molar-refractivity contribution < 1.29 is 19.4 Å². The summed E-state index contributed by atoms with van der Waals surface area (Å²) in [7, 11) is 1.60. The van der Waals surface area contributed by atoms with E-state index in [1.54, 1.807) is 20.1 Å². The first kappa shape index (κ1) is 15.1. The Morgan fingerprint density at radius 3 is 2.86 bits per heavy atom. The minimum absolute atomic E-state index is 0.256. The smallest absolute Gasteiger partial charge is 0.347 e. The first-order valence-electron chi connectivity index (χ1n) is 6.31. The van der Waals surface area contributed by atoms with Gasteiger partial charge in [0.1, 0.15) is 23.0 Å². The molecule has 0 aliphatic carbocycles. The maximum atomic E-state index is 10.9. The Balaban J connectivity index is 1.81. The molecule has 1 aromatic heterocycles. The second-order valence-electron chi connectivity index (χ2n) is 4.19. The van der Waals surface area contributed by atoms with Crippen molar-refractivity contribution in [1.82, 2.24) is 4.98 Å². The molecular formula is C14H16N2O4S. The molecule has 0 spiro atoms. The molecule has 0 unspecified atom stereocenters. The number of aromatic carboxylic acids is 1. The Bertz CT molecular complexity index is 627. The van der Waals surface area contributed by atoms with Crippen LogP contribution in [0.2, 0.25) is 0 Å². The number of hydrogen-bond donors (Lipinski definition) is 2. The molecule has 1 heterocycles. The Morgan fingerprint density at radius 2 is 2.19 bits per heavy atom. The first-order chi connectivity index (χ1) is 10.1. The third-order valence-corrected chi connectivity index (χ3v) is 3.78. The molecule has 0 radical (unpaired) electrons. The lowest BCUT2D eigenvalue weighted by Crippen LogP contribution is -2.11. The summed E-state index contributed by atoms with van der Waals surface area (Å²) in [5.41, 5.74) is 0.517. The number of aryl methyl sites for hydroxylation is 1. The van der Waals surface area contributed by atoms with E-state index in [4.69, 9.17) is 14.6 Å². The van der Waals surface area contributed by atoms with Gasteiger partial charge >= 0.3 is 5.97 Å². The van der Waals surface area contributed by atoms with Crippen LogP contribution >= 0.6 is 11.3 Å². The summed E-state index contributed by atoms with van der Waals surface area (Å²) in [6.45, 7) is 2.65. The predicted octanol–water partition coefficient (Wildman–Crippen LogP) is 2.65. The largest absolute Gasteiger partial charge is 0.497 e. The van der Waals surface area contributed by atoms with Gasteiger partial charge in [-0.05, 0) is 19.1 Å². The van der Waals surface area contributed by atoms with Crippen molar-refractivity contribution in [2.45, 2.75) is 6.92 Å².